The Kier molecular flexibility index (Phi) is 2.57. The van der Waals surface area contributed by atoms with Crippen molar-refractivity contribution in [3.8, 4) is 0 Å². The van der Waals surface area contributed by atoms with Crippen molar-refractivity contribution < 1.29 is 9.21 Å². The maximum atomic E-state index is 12.8. The third-order valence-corrected chi connectivity index (χ3v) is 3.99. The summed E-state index contributed by atoms with van der Waals surface area (Å²) in [6.45, 7) is 1.95. The van der Waals surface area contributed by atoms with Crippen molar-refractivity contribution in [2.45, 2.75) is 19.8 Å². The number of allylic oxidation sites excluding steroid dienone is 1. The van der Waals surface area contributed by atoms with E-state index in [-0.39, 0.29) is 5.78 Å². The van der Waals surface area contributed by atoms with Gasteiger partial charge in [-0.15, -0.1) is 0 Å². The number of Topliss-reactive ketones (excluding diaryl/α,β-unsaturated/α-hetero) is 1. The van der Waals surface area contributed by atoms with Crippen molar-refractivity contribution >= 4 is 22.8 Å². The number of benzene rings is 1. The standard InChI is InChI=1S/C17H14N2O2/c1-10-13(19-9-18-10)8-11-6-7-15-16(17(11)20)12-4-2-3-5-14(12)21-15/h2-5,8-9H,6-7H2,1H3,(H,18,19)/b11-8-. The van der Waals surface area contributed by atoms with Crippen LogP contribution in [0.2, 0.25) is 0 Å². The number of nitrogens with one attached hydrogen (secondary N) is 1. The van der Waals surface area contributed by atoms with Gasteiger partial charge in [-0.05, 0) is 25.5 Å². The van der Waals surface area contributed by atoms with Gasteiger partial charge in [0.15, 0.2) is 5.78 Å². The summed E-state index contributed by atoms with van der Waals surface area (Å²) in [4.78, 5) is 20.0. The van der Waals surface area contributed by atoms with E-state index in [2.05, 4.69) is 9.97 Å². The summed E-state index contributed by atoms with van der Waals surface area (Å²) >= 11 is 0. The maximum absolute atomic E-state index is 12.8. The van der Waals surface area contributed by atoms with E-state index in [0.717, 1.165) is 45.7 Å². The van der Waals surface area contributed by atoms with Gasteiger partial charge in [-0.3, -0.25) is 4.79 Å². The molecule has 4 nitrogen and oxygen atoms in total. The van der Waals surface area contributed by atoms with Crippen LogP contribution in [0.3, 0.4) is 0 Å². The molecule has 0 aliphatic heterocycles. The van der Waals surface area contributed by atoms with E-state index < -0.39 is 0 Å². The van der Waals surface area contributed by atoms with Crippen LogP contribution in [0.4, 0.5) is 0 Å². The number of hydrogen-bond donors (Lipinski definition) is 1. The zero-order chi connectivity index (χ0) is 14.4. The number of imidazole rings is 1. The van der Waals surface area contributed by atoms with Crippen molar-refractivity contribution in [2.24, 2.45) is 0 Å². The zero-order valence-corrected chi connectivity index (χ0v) is 11.6. The fourth-order valence-corrected chi connectivity index (χ4v) is 2.86. The van der Waals surface area contributed by atoms with Gasteiger partial charge in [-0.2, -0.15) is 0 Å². The molecular formula is C17H14N2O2. The first kappa shape index (κ1) is 12.1. The average Bonchev–Trinajstić information content (AvgIpc) is 3.06. The fraction of sp³-hybridized carbons (Fsp3) is 0.176. The highest BCUT2D eigenvalue weighted by molar-refractivity contribution is 6.19. The van der Waals surface area contributed by atoms with Gasteiger partial charge in [0.25, 0.3) is 0 Å². The Hall–Kier alpha value is -2.62. The van der Waals surface area contributed by atoms with E-state index in [0.29, 0.717) is 6.42 Å². The molecule has 1 aromatic carbocycles. The lowest BCUT2D eigenvalue weighted by Gasteiger charge is -2.12. The summed E-state index contributed by atoms with van der Waals surface area (Å²) in [6, 6.07) is 7.70. The normalized spacial score (nSPS) is 16.6. The van der Waals surface area contributed by atoms with Crippen LogP contribution in [0.5, 0.6) is 0 Å². The molecule has 2 aromatic heterocycles. The number of aromatic nitrogens is 2. The highest BCUT2D eigenvalue weighted by atomic mass is 16.3. The number of aryl methyl sites for hydroxylation is 2. The Morgan fingerprint density at radius 1 is 1.29 bits per heavy atom. The second-order valence-corrected chi connectivity index (χ2v) is 5.31. The molecule has 0 radical (unpaired) electrons. The van der Waals surface area contributed by atoms with Crippen LogP contribution < -0.4 is 0 Å². The maximum Gasteiger partial charge on any atom is 0.193 e. The lowest BCUT2D eigenvalue weighted by molar-refractivity contribution is 0.102. The van der Waals surface area contributed by atoms with Crippen molar-refractivity contribution in [3.05, 3.63) is 58.9 Å². The molecule has 0 spiro atoms. The second-order valence-electron chi connectivity index (χ2n) is 5.31. The number of H-pyrrole nitrogens is 1. The Bertz CT molecular complexity index is 883. The van der Waals surface area contributed by atoms with Crippen molar-refractivity contribution in [2.75, 3.05) is 0 Å². The number of furan rings is 1. The minimum absolute atomic E-state index is 0.0589. The molecule has 4 heteroatoms. The van der Waals surface area contributed by atoms with Crippen molar-refractivity contribution in [1.82, 2.24) is 9.97 Å². The molecule has 0 saturated heterocycles. The molecule has 0 bridgehead atoms. The number of hydrogen-bond acceptors (Lipinski definition) is 3. The second kappa shape index (κ2) is 4.45. The number of carbonyl (C=O) groups excluding carboxylic acids is 1. The predicted molar refractivity (Wildman–Crippen MR) is 80.2 cm³/mol. The number of para-hydroxylation sites is 1. The van der Waals surface area contributed by atoms with Crippen LogP contribution in [0.1, 0.15) is 33.9 Å². The Balaban J connectivity index is 1.85. The van der Waals surface area contributed by atoms with E-state index in [1.165, 1.54) is 0 Å². The first-order valence-electron chi connectivity index (χ1n) is 6.99. The molecule has 1 aliphatic carbocycles. The van der Waals surface area contributed by atoms with Gasteiger partial charge >= 0.3 is 0 Å². The lowest BCUT2D eigenvalue weighted by atomic mass is 9.89. The predicted octanol–water partition coefficient (Wildman–Crippen LogP) is 3.68. The average molecular weight is 278 g/mol. The van der Waals surface area contributed by atoms with E-state index in [1.807, 2.05) is 37.3 Å². The highest BCUT2D eigenvalue weighted by Gasteiger charge is 2.28. The van der Waals surface area contributed by atoms with Gasteiger partial charge in [0.2, 0.25) is 0 Å². The van der Waals surface area contributed by atoms with Gasteiger partial charge in [0.1, 0.15) is 11.3 Å². The molecule has 104 valence electrons. The number of rotatable bonds is 1. The summed E-state index contributed by atoms with van der Waals surface area (Å²) in [5, 5.41) is 0.904. The summed E-state index contributed by atoms with van der Waals surface area (Å²) in [6.07, 6.45) is 4.98. The molecule has 1 aliphatic rings. The Morgan fingerprint density at radius 3 is 2.95 bits per heavy atom. The molecular weight excluding hydrogens is 264 g/mol. The summed E-state index contributed by atoms with van der Waals surface area (Å²) in [5.74, 6) is 0.862. The minimum Gasteiger partial charge on any atom is -0.460 e. The molecule has 0 saturated carbocycles. The molecule has 21 heavy (non-hydrogen) atoms. The van der Waals surface area contributed by atoms with Crippen LogP contribution >= 0.6 is 0 Å². The fourth-order valence-electron chi connectivity index (χ4n) is 2.86. The Morgan fingerprint density at radius 2 is 2.14 bits per heavy atom. The number of aromatic amines is 1. The molecule has 3 aromatic rings. The SMILES string of the molecule is Cc1[nH]cnc1/C=C1/CCc2oc3ccccc3c2C1=O. The van der Waals surface area contributed by atoms with Gasteiger partial charge in [0, 0.05) is 23.1 Å². The number of carbonyl (C=O) groups is 1. The summed E-state index contributed by atoms with van der Waals surface area (Å²) in [5.41, 5.74) is 4.10. The molecule has 1 N–H and O–H groups in total. The van der Waals surface area contributed by atoms with Crippen molar-refractivity contribution in [1.29, 1.82) is 0 Å². The van der Waals surface area contributed by atoms with Crippen LogP contribution in [-0.4, -0.2) is 15.8 Å². The van der Waals surface area contributed by atoms with Crippen LogP contribution in [0.15, 0.2) is 40.6 Å². The first-order chi connectivity index (χ1) is 10.2. The Labute approximate surface area is 121 Å². The van der Waals surface area contributed by atoms with Gasteiger partial charge in [-0.1, -0.05) is 18.2 Å². The minimum atomic E-state index is 0.0589. The van der Waals surface area contributed by atoms with E-state index in [1.54, 1.807) is 6.33 Å². The zero-order valence-electron chi connectivity index (χ0n) is 11.6. The van der Waals surface area contributed by atoms with Gasteiger partial charge < -0.3 is 9.40 Å². The monoisotopic (exact) mass is 278 g/mol. The smallest absolute Gasteiger partial charge is 0.193 e. The van der Waals surface area contributed by atoms with Crippen LogP contribution in [0, 0.1) is 6.92 Å². The van der Waals surface area contributed by atoms with E-state index in [9.17, 15) is 4.79 Å². The number of nitrogens with zero attached hydrogens (tertiary/aromatic N) is 1. The highest BCUT2D eigenvalue weighted by Crippen LogP contribution is 2.34. The largest absolute Gasteiger partial charge is 0.460 e. The molecule has 4 rings (SSSR count). The third kappa shape index (κ3) is 1.83. The quantitative estimate of drug-likeness (QED) is 0.691. The van der Waals surface area contributed by atoms with Gasteiger partial charge in [-0.25, -0.2) is 4.98 Å². The van der Waals surface area contributed by atoms with Crippen LogP contribution in [0.25, 0.3) is 17.0 Å². The molecule has 0 atom stereocenters. The number of fused-ring (bicyclic) bond motifs is 3. The van der Waals surface area contributed by atoms with E-state index >= 15 is 0 Å². The third-order valence-electron chi connectivity index (χ3n) is 3.99. The lowest BCUT2D eigenvalue weighted by Crippen LogP contribution is -2.12. The molecule has 2 heterocycles. The van der Waals surface area contributed by atoms with Crippen LogP contribution in [-0.2, 0) is 6.42 Å². The summed E-state index contributed by atoms with van der Waals surface area (Å²) < 4.78 is 5.80. The van der Waals surface area contributed by atoms with E-state index in [4.69, 9.17) is 4.42 Å². The molecule has 0 amide bonds. The van der Waals surface area contributed by atoms with Crippen molar-refractivity contribution in [3.63, 3.8) is 0 Å². The topological polar surface area (TPSA) is 58.9 Å². The molecule has 0 unspecified atom stereocenters. The summed E-state index contributed by atoms with van der Waals surface area (Å²) in [7, 11) is 0. The molecule has 0 fully saturated rings. The first-order valence-corrected chi connectivity index (χ1v) is 6.99. The number of ketones is 1. The van der Waals surface area contributed by atoms with Gasteiger partial charge in [0.05, 0.1) is 17.6 Å².